The van der Waals surface area contributed by atoms with Gasteiger partial charge in [0.1, 0.15) is 0 Å². The van der Waals surface area contributed by atoms with Crippen LogP contribution in [0.2, 0.25) is 0 Å². The van der Waals surface area contributed by atoms with E-state index in [1.165, 1.54) is 0 Å². The summed E-state index contributed by atoms with van der Waals surface area (Å²) in [4.78, 5) is 13.0. The zero-order valence-corrected chi connectivity index (χ0v) is 9.72. The van der Waals surface area contributed by atoms with Crippen LogP contribution >= 0.6 is 11.8 Å². The minimum Gasteiger partial charge on any atom is -0.481 e. The Balaban J connectivity index is 2.45. The first kappa shape index (κ1) is 11.9. The molecule has 1 aliphatic heterocycles. The Morgan fingerprint density at radius 2 is 2.36 bits per heavy atom. The quantitative estimate of drug-likeness (QED) is 0.775. The van der Waals surface area contributed by atoms with Gasteiger partial charge in [0.25, 0.3) is 0 Å². The van der Waals surface area contributed by atoms with Crippen molar-refractivity contribution in [3.63, 3.8) is 0 Å². The molecule has 1 heterocycles. The third kappa shape index (κ3) is 3.88. The fourth-order valence-electron chi connectivity index (χ4n) is 1.79. The third-order valence-corrected chi connectivity index (χ3v) is 3.45. The highest BCUT2D eigenvalue weighted by atomic mass is 32.2. The van der Waals surface area contributed by atoms with Gasteiger partial charge in [-0.2, -0.15) is 11.8 Å². The molecule has 1 unspecified atom stereocenters. The van der Waals surface area contributed by atoms with Gasteiger partial charge in [-0.25, -0.2) is 0 Å². The molecule has 3 nitrogen and oxygen atoms in total. The van der Waals surface area contributed by atoms with E-state index >= 15 is 0 Å². The molecule has 1 atom stereocenters. The summed E-state index contributed by atoms with van der Waals surface area (Å²) in [6.07, 6.45) is 0.291. The van der Waals surface area contributed by atoms with Crippen LogP contribution in [0.4, 0.5) is 0 Å². The van der Waals surface area contributed by atoms with Crippen molar-refractivity contribution in [1.82, 2.24) is 4.90 Å². The summed E-state index contributed by atoms with van der Waals surface area (Å²) in [5, 5.41) is 8.78. The van der Waals surface area contributed by atoms with E-state index in [0.717, 1.165) is 24.6 Å². The van der Waals surface area contributed by atoms with Crippen LogP contribution in [-0.4, -0.2) is 46.6 Å². The van der Waals surface area contributed by atoms with E-state index in [1.54, 1.807) is 0 Å². The zero-order chi connectivity index (χ0) is 10.6. The fourth-order valence-corrected chi connectivity index (χ4v) is 2.92. The van der Waals surface area contributed by atoms with Gasteiger partial charge in [-0.05, 0) is 5.92 Å². The Hall–Kier alpha value is -0.220. The number of carbonyl (C=O) groups is 1. The molecule has 0 saturated carbocycles. The monoisotopic (exact) mass is 217 g/mol. The molecule has 1 N–H and O–H groups in total. The van der Waals surface area contributed by atoms with Crippen molar-refractivity contribution in [3.05, 3.63) is 0 Å². The topological polar surface area (TPSA) is 40.5 Å². The first-order chi connectivity index (χ1) is 6.59. The molecule has 0 spiro atoms. The second-order valence-electron chi connectivity index (χ2n) is 4.22. The van der Waals surface area contributed by atoms with Gasteiger partial charge in [0.2, 0.25) is 0 Å². The van der Waals surface area contributed by atoms with Crippen LogP contribution in [0, 0.1) is 5.92 Å². The predicted molar refractivity (Wildman–Crippen MR) is 59.8 cm³/mol. The van der Waals surface area contributed by atoms with Crippen molar-refractivity contribution in [2.75, 3.05) is 24.6 Å². The van der Waals surface area contributed by atoms with Crippen LogP contribution in [-0.2, 0) is 4.79 Å². The SMILES string of the molecule is CC(C)CN1CCSCC1CC(=O)O. The van der Waals surface area contributed by atoms with Crippen molar-refractivity contribution in [2.45, 2.75) is 26.3 Å². The van der Waals surface area contributed by atoms with E-state index < -0.39 is 5.97 Å². The molecule has 0 aromatic rings. The average Bonchev–Trinajstić information content (AvgIpc) is 2.06. The first-order valence-corrected chi connectivity index (χ1v) is 6.28. The standard InChI is InChI=1S/C10H19NO2S/c1-8(2)6-11-3-4-14-7-9(11)5-10(12)13/h8-9H,3-7H2,1-2H3,(H,12,13). The van der Waals surface area contributed by atoms with E-state index in [2.05, 4.69) is 18.7 Å². The zero-order valence-electron chi connectivity index (χ0n) is 8.90. The van der Waals surface area contributed by atoms with Gasteiger partial charge in [-0.1, -0.05) is 13.8 Å². The smallest absolute Gasteiger partial charge is 0.304 e. The molecule has 1 rings (SSSR count). The highest BCUT2D eigenvalue weighted by molar-refractivity contribution is 7.99. The minimum atomic E-state index is -0.675. The lowest BCUT2D eigenvalue weighted by atomic mass is 10.1. The normalized spacial score (nSPS) is 24.1. The lowest BCUT2D eigenvalue weighted by Gasteiger charge is -2.35. The first-order valence-electron chi connectivity index (χ1n) is 5.13. The molecular weight excluding hydrogens is 198 g/mol. The summed E-state index contributed by atoms with van der Waals surface area (Å²) in [7, 11) is 0. The van der Waals surface area contributed by atoms with Crippen molar-refractivity contribution in [2.24, 2.45) is 5.92 Å². The third-order valence-electron chi connectivity index (χ3n) is 2.36. The molecule has 0 amide bonds. The molecule has 82 valence electrons. The number of hydrogen-bond donors (Lipinski definition) is 1. The second-order valence-corrected chi connectivity index (χ2v) is 5.37. The van der Waals surface area contributed by atoms with Crippen LogP contribution in [0.25, 0.3) is 0 Å². The molecule has 0 aromatic heterocycles. The van der Waals surface area contributed by atoms with E-state index in [1.807, 2.05) is 11.8 Å². The summed E-state index contributed by atoms with van der Waals surface area (Å²) in [6.45, 7) is 6.43. The molecule has 1 saturated heterocycles. The molecule has 0 bridgehead atoms. The lowest BCUT2D eigenvalue weighted by Crippen LogP contribution is -2.45. The largest absolute Gasteiger partial charge is 0.481 e. The fraction of sp³-hybridized carbons (Fsp3) is 0.900. The van der Waals surface area contributed by atoms with Crippen LogP contribution in [0.15, 0.2) is 0 Å². The summed E-state index contributed by atoms with van der Waals surface area (Å²) >= 11 is 1.87. The van der Waals surface area contributed by atoms with E-state index in [9.17, 15) is 4.79 Å². The molecule has 0 radical (unpaired) electrons. The molecule has 0 aliphatic carbocycles. The van der Waals surface area contributed by atoms with Gasteiger partial charge in [0.15, 0.2) is 0 Å². The van der Waals surface area contributed by atoms with E-state index in [4.69, 9.17) is 5.11 Å². The molecule has 4 heteroatoms. The lowest BCUT2D eigenvalue weighted by molar-refractivity contribution is -0.138. The van der Waals surface area contributed by atoms with Crippen LogP contribution in [0.5, 0.6) is 0 Å². The summed E-state index contributed by atoms with van der Waals surface area (Å²) in [5.41, 5.74) is 0. The number of thioether (sulfide) groups is 1. The Bertz CT molecular complexity index is 197. The molecular formula is C10H19NO2S. The Morgan fingerprint density at radius 3 is 2.93 bits per heavy atom. The maximum absolute atomic E-state index is 10.7. The highest BCUT2D eigenvalue weighted by Crippen LogP contribution is 2.19. The number of aliphatic carboxylic acids is 1. The second kappa shape index (κ2) is 5.61. The Kier molecular flexibility index (Phi) is 4.75. The molecule has 0 aromatic carbocycles. The van der Waals surface area contributed by atoms with E-state index in [-0.39, 0.29) is 6.04 Å². The number of carboxylic acids is 1. The van der Waals surface area contributed by atoms with Gasteiger partial charge < -0.3 is 5.11 Å². The van der Waals surface area contributed by atoms with E-state index in [0.29, 0.717) is 12.3 Å². The summed E-state index contributed by atoms with van der Waals surface area (Å²) in [5.74, 6) is 2.06. The van der Waals surface area contributed by atoms with Gasteiger partial charge in [-0.3, -0.25) is 9.69 Å². The highest BCUT2D eigenvalue weighted by Gasteiger charge is 2.24. The number of hydrogen-bond acceptors (Lipinski definition) is 3. The summed E-state index contributed by atoms with van der Waals surface area (Å²) in [6, 6.07) is 0.244. The van der Waals surface area contributed by atoms with Crippen molar-refractivity contribution < 1.29 is 9.90 Å². The van der Waals surface area contributed by atoms with Crippen LogP contribution in [0.3, 0.4) is 0 Å². The van der Waals surface area contributed by atoms with Gasteiger partial charge in [0, 0.05) is 30.6 Å². The van der Waals surface area contributed by atoms with Crippen molar-refractivity contribution in [1.29, 1.82) is 0 Å². The van der Waals surface area contributed by atoms with Gasteiger partial charge in [-0.15, -0.1) is 0 Å². The molecule has 1 aliphatic rings. The number of rotatable bonds is 4. The average molecular weight is 217 g/mol. The van der Waals surface area contributed by atoms with Crippen LogP contribution < -0.4 is 0 Å². The minimum absolute atomic E-state index is 0.244. The van der Waals surface area contributed by atoms with Gasteiger partial charge in [0.05, 0.1) is 6.42 Å². The Morgan fingerprint density at radius 1 is 1.64 bits per heavy atom. The molecule has 1 fully saturated rings. The number of carboxylic acid groups (broad SMARTS) is 1. The Labute approximate surface area is 89.9 Å². The number of nitrogens with zero attached hydrogens (tertiary/aromatic N) is 1. The molecule has 14 heavy (non-hydrogen) atoms. The maximum atomic E-state index is 10.7. The van der Waals surface area contributed by atoms with Gasteiger partial charge >= 0.3 is 5.97 Å². The van der Waals surface area contributed by atoms with Crippen molar-refractivity contribution >= 4 is 17.7 Å². The summed E-state index contributed by atoms with van der Waals surface area (Å²) < 4.78 is 0. The van der Waals surface area contributed by atoms with Crippen LogP contribution in [0.1, 0.15) is 20.3 Å². The van der Waals surface area contributed by atoms with Crippen molar-refractivity contribution in [3.8, 4) is 0 Å². The maximum Gasteiger partial charge on any atom is 0.304 e. The predicted octanol–water partition coefficient (Wildman–Crippen LogP) is 1.53.